The van der Waals surface area contributed by atoms with Crippen molar-refractivity contribution in [1.29, 1.82) is 0 Å². The predicted octanol–water partition coefficient (Wildman–Crippen LogP) is 4.53. The third-order valence-electron chi connectivity index (χ3n) is 1.85. The van der Waals surface area contributed by atoms with E-state index in [0.717, 1.165) is 6.42 Å². The zero-order valence-electron chi connectivity index (χ0n) is 10.6. The highest BCUT2D eigenvalue weighted by molar-refractivity contribution is 5.70. The first-order chi connectivity index (χ1) is 7.14. The molecule has 0 radical (unpaired) electrons. The molecule has 15 heavy (non-hydrogen) atoms. The number of rotatable bonds is 2. The Balaban J connectivity index is 0.000000921. The molecule has 0 saturated carbocycles. The average molecular weight is 205 g/mol. The van der Waals surface area contributed by atoms with E-state index in [0.29, 0.717) is 0 Å². The van der Waals surface area contributed by atoms with Crippen molar-refractivity contribution in [3.63, 3.8) is 0 Å². The summed E-state index contributed by atoms with van der Waals surface area (Å²) in [4.78, 5) is 4.19. The van der Waals surface area contributed by atoms with Gasteiger partial charge >= 0.3 is 0 Å². The molecule has 1 heteroatoms. The summed E-state index contributed by atoms with van der Waals surface area (Å²) in [6.07, 6.45) is 13.5. The van der Waals surface area contributed by atoms with Gasteiger partial charge in [0.15, 0.2) is 0 Å². The van der Waals surface area contributed by atoms with Crippen LogP contribution in [0.25, 0.3) is 0 Å². The molecular formula is C14H23N. The van der Waals surface area contributed by atoms with Crippen LogP contribution in [0.5, 0.6) is 0 Å². The van der Waals surface area contributed by atoms with E-state index in [-0.39, 0.29) is 5.41 Å². The van der Waals surface area contributed by atoms with Crippen LogP contribution in [-0.4, -0.2) is 6.21 Å². The largest absolute Gasteiger partial charge is 0.268 e. The van der Waals surface area contributed by atoms with Crippen LogP contribution in [0.3, 0.4) is 0 Å². The van der Waals surface area contributed by atoms with E-state index >= 15 is 0 Å². The molecule has 0 amide bonds. The van der Waals surface area contributed by atoms with Gasteiger partial charge < -0.3 is 0 Å². The number of hydrogen-bond donors (Lipinski definition) is 0. The van der Waals surface area contributed by atoms with Crippen LogP contribution >= 0.6 is 0 Å². The van der Waals surface area contributed by atoms with Gasteiger partial charge in [0.1, 0.15) is 0 Å². The summed E-state index contributed by atoms with van der Waals surface area (Å²) in [5.74, 6) is 0. The topological polar surface area (TPSA) is 12.4 Å². The summed E-state index contributed by atoms with van der Waals surface area (Å²) in [6.45, 7) is 10.5. The summed E-state index contributed by atoms with van der Waals surface area (Å²) in [5.41, 5.74) is 1.31. The molecule has 0 aromatic heterocycles. The Hall–Kier alpha value is -1.11. The van der Waals surface area contributed by atoms with Crippen molar-refractivity contribution in [3.8, 4) is 0 Å². The second-order valence-corrected chi connectivity index (χ2v) is 3.87. The number of aliphatic imine (C=N–C) groups is 1. The summed E-state index contributed by atoms with van der Waals surface area (Å²) in [5, 5.41) is 0. The molecule has 0 bridgehead atoms. The smallest absolute Gasteiger partial charge is 0.0270 e. The first-order valence-electron chi connectivity index (χ1n) is 5.74. The molecule has 0 aromatic rings. The fourth-order valence-corrected chi connectivity index (χ4v) is 1.24. The standard InChI is InChI=1S/C12H17N.C2H6/c1-4-5-6-11-7-8-13-10-12(2,3)9-11;1-2/h5-10H,4H2,1-3H3;1-2H3/b6-5+;. The molecule has 1 heterocycles. The van der Waals surface area contributed by atoms with Crippen LogP contribution in [0.2, 0.25) is 0 Å². The normalized spacial score (nSPS) is 18.1. The Labute approximate surface area is 94.3 Å². The minimum absolute atomic E-state index is 0.0664. The van der Waals surface area contributed by atoms with Crippen LogP contribution in [0, 0.1) is 5.41 Å². The highest BCUT2D eigenvalue weighted by atomic mass is 14.7. The lowest BCUT2D eigenvalue weighted by atomic mass is 9.92. The highest BCUT2D eigenvalue weighted by Gasteiger charge is 2.12. The Morgan fingerprint density at radius 1 is 1.33 bits per heavy atom. The number of allylic oxidation sites excluding steroid dienone is 5. The van der Waals surface area contributed by atoms with E-state index < -0.39 is 0 Å². The van der Waals surface area contributed by atoms with Gasteiger partial charge in [-0.3, -0.25) is 4.99 Å². The lowest BCUT2D eigenvalue weighted by Crippen LogP contribution is -2.08. The van der Waals surface area contributed by atoms with Crippen molar-refractivity contribution < 1.29 is 0 Å². The molecule has 0 aromatic carbocycles. The summed E-state index contributed by atoms with van der Waals surface area (Å²) >= 11 is 0. The Morgan fingerprint density at radius 3 is 2.60 bits per heavy atom. The molecule has 0 fully saturated rings. The molecule has 0 saturated heterocycles. The van der Waals surface area contributed by atoms with E-state index in [1.54, 1.807) is 0 Å². The highest BCUT2D eigenvalue weighted by Crippen LogP contribution is 2.20. The van der Waals surface area contributed by atoms with E-state index in [4.69, 9.17) is 0 Å². The predicted molar refractivity (Wildman–Crippen MR) is 70.3 cm³/mol. The summed E-state index contributed by atoms with van der Waals surface area (Å²) in [7, 11) is 0. The van der Waals surface area contributed by atoms with Gasteiger partial charge in [-0.25, -0.2) is 0 Å². The molecule has 0 unspecified atom stereocenters. The van der Waals surface area contributed by atoms with Gasteiger partial charge in [0.2, 0.25) is 0 Å². The molecule has 1 aliphatic rings. The molecular weight excluding hydrogens is 182 g/mol. The quantitative estimate of drug-likeness (QED) is 0.628. The summed E-state index contributed by atoms with van der Waals surface area (Å²) < 4.78 is 0. The van der Waals surface area contributed by atoms with Gasteiger partial charge in [-0.2, -0.15) is 0 Å². The van der Waals surface area contributed by atoms with Crippen molar-refractivity contribution in [2.24, 2.45) is 10.4 Å². The van der Waals surface area contributed by atoms with Gasteiger partial charge in [-0.15, -0.1) is 0 Å². The van der Waals surface area contributed by atoms with Crippen LogP contribution in [-0.2, 0) is 0 Å². The molecule has 84 valence electrons. The van der Waals surface area contributed by atoms with Gasteiger partial charge in [0, 0.05) is 17.8 Å². The van der Waals surface area contributed by atoms with Gasteiger partial charge in [0.25, 0.3) is 0 Å². The number of hydrogen-bond acceptors (Lipinski definition) is 1. The van der Waals surface area contributed by atoms with Crippen molar-refractivity contribution in [3.05, 3.63) is 36.1 Å². The van der Waals surface area contributed by atoms with Crippen molar-refractivity contribution in [2.75, 3.05) is 0 Å². The minimum atomic E-state index is 0.0664. The van der Waals surface area contributed by atoms with E-state index in [2.05, 4.69) is 44.0 Å². The second-order valence-electron chi connectivity index (χ2n) is 3.87. The maximum absolute atomic E-state index is 4.19. The second kappa shape index (κ2) is 7.22. The fraction of sp³-hybridized carbons (Fsp3) is 0.500. The number of nitrogens with zero attached hydrogens (tertiary/aromatic N) is 1. The van der Waals surface area contributed by atoms with Crippen LogP contribution in [0.15, 0.2) is 41.1 Å². The van der Waals surface area contributed by atoms with Gasteiger partial charge in [0.05, 0.1) is 0 Å². The van der Waals surface area contributed by atoms with Gasteiger partial charge in [-0.05, 0) is 18.1 Å². The lowest BCUT2D eigenvalue weighted by Gasteiger charge is -2.12. The van der Waals surface area contributed by atoms with Crippen molar-refractivity contribution in [1.82, 2.24) is 0 Å². The van der Waals surface area contributed by atoms with Crippen LogP contribution < -0.4 is 0 Å². The average Bonchev–Trinajstić information content (AvgIpc) is 2.39. The van der Waals surface area contributed by atoms with E-state index in [9.17, 15) is 0 Å². The zero-order valence-corrected chi connectivity index (χ0v) is 10.6. The Kier molecular flexibility index (Phi) is 6.68. The third kappa shape index (κ3) is 6.05. The fourth-order valence-electron chi connectivity index (χ4n) is 1.24. The SMILES string of the molecule is CC.CC/C=C/C1=CC(C)(C)C=NC=C1. The molecule has 0 aliphatic carbocycles. The molecule has 1 aliphatic heterocycles. The molecule has 1 nitrogen and oxygen atoms in total. The van der Waals surface area contributed by atoms with E-state index in [1.165, 1.54) is 5.57 Å². The summed E-state index contributed by atoms with van der Waals surface area (Å²) in [6, 6.07) is 0. The molecule has 0 atom stereocenters. The monoisotopic (exact) mass is 205 g/mol. The molecule has 0 N–H and O–H groups in total. The van der Waals surface area contributed by atoms with Crippen molar-refractivity contribution in [2.45, 2.75) is 41.0 Å². The zero-order chi connectivity index (χ0) is 11.7. The van der Waals surface area contributed by atoms with Crippen LogP contribution in [0.1, 0.15) is 41.0 Å². The third-order valence-corrected chi connectivity index (χ3v) is 1.85. The Morgan fingerprint density at radius 2 is 2.00 bits per heavy atom. The maximum Gasteiger partial charge on any atom is 0.0270 e. The Bertz CT molecular complexity index is 278. The maximum atomic E-state index is 4.19. The lowest BCUT2D eigenvalue weighted by molar-refractivity contribution is 0.692. The van der Waals surface area contributed by atoms with Crippen LogP contribution in [0.4, 0.5) is 0 Å². The molecule has 1 rings (SSSR count). The van der Waals surface area contributed by atoms with Gasteiger partial charge in [-0.1, -0.05) is 52.8 Å². The first kappa shape index (κ1) is 13.9. The van der Waals surface area contributed by atoms with E-state index in [1.807, 2.05) is 32.3 Å². The van der Waals surface area contributed by atoms with Crippen molar-refractivity contribution >= 4 is 6.21 Å². The first-order valence-corrected chi connectivity index (χ1v) is 5.74. The molecule has 0 spiro atoms. The minimum Gasteiger partial charge on any atom is -0.268 e.